The number of alkyl halides is 3. The summed E-state index contributed by atoms with van der Waals surface area (Å²) in [6.45, 7) is 7.53. The van der Waals surface area contributed by atoms with Gasteiger partial charge in [0.05, 0.1) is 19.1 Å². The van der Waals surface area contributed by atoms with Crippen molar-refractivity contribution in [2.75, 3.05) is 7.11 Å². The molecule has 0 aliphatic rings. The third-order valence-electron chi connectivity index (χ3n) is 5.13. The molecular weight excluding hydrogens is 455 g/mol. The molecule has 0 unspecified atom stereocenters. The molecule has 1 N–H and O–H groups in total. The van der Waals surface area contributed by atoms with Crippen molar-refractivity contribution in [3.05, 3.63) is 35.7 Å². The third kappa shape index (κ3) is 7.74. The van der Waals surface area contributed by atoms with E-state index in [0.29, 0.717) is 12.0 Å². The van der Waals surface area contributed by atoms with Crippen molar-refractivity contribution in [1.29, 1.82) is 0 Å². The third-order valence-corrected chi connectivity index (χ3v) is 5.13. The van der Waals surface area contributed by atoms with E-state index in [1.807, 2.05) is 27.7 Å². The highest BCUT2D eigenvalue weighted by Gasteiger charge is 2.33. The summed E-state index contributed by atoms with van der Waals surface area (Å²) in [7, 11) is 1.25. The molecule has 0 aliphatic carbocycles. The predicted octanol–water partition coefficient (Wildman–Crippen LogP) is 5.17. The van der Waals surface area contributed by atoms with E-state index in [2.05, 4.69) is 15.5 Å². The van der Waals surface area contributed by atoms with Crippen LogP contribution in [0.1, 0.15) is 58.4 Å². The molecule has 2 atom stereocenters. The van der Waals surface area contributed by atoms with Gasteiger partial charge in [0, 0.05) is 5.56 Å². The van der Waals surface area contributed by atoms with Gasteiger partial charge in [-0.1, -0.05) is 40.5 Å². The normalized spacial score (nSPS) is 13.8. The molecule has 0 saturated carbocycles. The molecule has 1 aromatic heterocycles. The first-order valence-corrected chi connectivity index (χ1v) is 10.9. The molecule has 0 fully saturated rings. The Morgan fingerprint density at radius 1 is 1.12 bits per heavy atom. The van der Waals surface area contributed by atoms with Gasteiger partial charge in [-0.05, 0) is 36.1 Å². The number of carbonyl (C=O) groups excluding carboxylic acids is 2. The van der Waals surface area contributed by atoms with Crippen LogP contribution in [0.2, 0.25) is 0 Å². The lowest BCUT2D eigenvalue weighted by Gasteiger charge is -2.30. The average molecular weight is 486 g/mol. The molecule has 2 rings (SSSR count). The van der Waals surface area contributed by atoms with Gasteiger partial charge in [-0.15, -0.1) is 10.2 Å². The van der Waals surface area contributed by atoms with E-state index in [9.17, 15) is 22.8 Å². The number of nitrogens with zero attached hydrogens (tertiary/aromatic N) is 2. The lowest BCUT2D eigenvalue weighted by Crippen LogP contribution is -2.45. The van der Waals surface area contributed by atoms with Gasteiger partial charge >= 0.3 is 18.2 Å². The number of esters is 1. The second-order valence-electron chi connectivity index (χ2n) is 8.90. The minimum atomic E-state index is -4.44. The van der Waals surface area contributed by atoms with Crippen LogP contribution in [0.15, 0.2) is 28.7 Å². The second kappa shape index (κ2) is 11.3. The average Bonchev–Trinajstić information content (AvgIpc) is 3.23. The zero-order valence-corrected chi connectivity index (χ0v) is 19.9. The number of methoxy groups -OCH3 is 1. The van der Waals surface area contributed by atoms with Gasteiger partial charge in [0.15, 0.2) is 0 Å². The lowest BCUT2D eigenvalue weighted by atomic mass is 9.87. The summed E-state index contributed by atoms with van der Waals surface area (Å²) in [5.41, 5.74) is -0.980. The zero-order valence-electron chi connectivity index (χ0n) is 19.9. The fourth-order valence-corrected chi connectivity index (χ4v) is 3.04. The van der Waals surface area contributed by atoms with Gasteiger partial charge in [-0.3, -0.25) is 0 Å². The van der Waals surface area contributed by atoms with Crippen LogP contribution in [-0.2, 0) is 26.9 Å². The molecule has 34 heavy (non-hydrogen) atoms. The van der Waals surface area contributed by atoms with E-state index in [1.165, 1.54) is 19.2 Å². The Morgan fingerprint density at radius 2 is 1.76 bits per heavy atom. The number of unbranched alkanes of at least 4 members (excludes halogenated alkanes) is 1. The van der Waals surface area contributed by atoms with Crippen molar-refractivity contribution in [2.24, 2.45) is 5.41 Å². The molecule has 11 heteroatoms. The summed E-state index contributed by atoms with van der Waals surface area (Å²) in [5.74, 6) is -0.361. The Bertz CT molecular complexity index is 952. The Balaban J connectivity index is 2.10. The van der Waals surface area contributed by atoms with Crippen LogP contribution >= 0.6 is 0 Å². The van der Waals surface area contributed by atoms with Crippen molar-refractivity contribution in [2.45, 2.75) is 71.7 Å². The molecule has 0 saturated heterocycles. The highest BCUT2D eigenvalue weighted by atomic mass is 19.4. The van der Waals surface area contributed by atoms with Crippen molar-refractivity contribution in [3.63, 3.8) is 0 Å². The topological polar surface area (TPSA) is 104 Å². The van der Waals surface area contributed by atoms with Crippen LogP contribution in [0.4, 0.5) is 18.0 Å². The molecule has 2 aromatic rings. The molecule has 0 spiro atoms. The Hall–Kier alpha value is -3.11. The van der Waals surface area contributed by atoms with E-state index < -0.39 is 41.4 Å². The number of rotatable bonds is 9. The van der Waals surface area contributed by atoms with Gasteiger partial charge in [0.25, 0.3) is 0 Å². The Morgan fingerprint density at radius 3 is 2.29 bits per heavy atom. The maximum Gasteiger partial charge on any atom is 0.416 e. The van der Waals surface area contributed by atoms with Gasteiger partial charge in [0.1, 0.15) is 12.1 Å². The summed E-state index contributed by atoms with van der Waals surface area (Å²) in [4.78, 5) is 24.5. The first kappa shape index (κ1) is 27.1. The van der Waals surface area contributed by atoms with Gasteiger partial charge in [0.2, 0.25) is 11.8 Å². The summed E-state index contributed by atoms with van der Waals surface area (Å²) in [6.07, 6.45) is -3.88. The number of benzene rings is 1. The van der Waals surface area contributed by atoms with Crippen LogP contribution in [0.25, 0.3) is 11.5 Å². The number of hydrogen-bond donors (Lipinski definition) is 1. The fourth-order valence-electron chi connectivity index (χ4n) is 3.04. The molecule has 0 aliphatic heterocycles. The summed E-state index contributed by atoms with van der Waals surface area (Å²) in [6, 6.07) is 3.53. The number of halogens is 3. The van der Waals surface area contributed by atoms with Gasteiger partial charge in [-0.2, -0.15) is 13.2 Å². The van der Waals surface area contributed by atoms with Gasteiger partial charge in [-0.25, -0.2) is 9.59 Å². The number of alkyl carbamates (subject to hydrolysis) is 1. The van der Waals surface area contributed by atoms with Crippen molar-refractivity contribution in [3.8, 4) is 11.5 Å². The molecule has 188 valence electrons. The SMILES string of the molecule is CCCC[C@H](NC(=O)O[C@H](Cc1nnc(-c2ccc(C(F)(F)F)cc2)o1)C(C)(C)C)C(=O)OC. The Kier molecular flexibility index (Phi) is 9.06. The number of nitrogens with one attached hydrogen (secondary N) is 1. The number of aromatic nitrogens is 2. The van der Waals surface area contributed by atoms with Crippen LogP contribution < -0.4 is 5.32 Å². The largest absolute Gasteiger partial charge is 0.467 e. The van der Waals surface area contributed by atoms with Crippen molar-refractivity contribution < 1.29 is 36.7 Å². The molecule has 1 heterocycles. The van der Waals surface area contributed by atoms with E-state index in [0.717, 1.165) is 25.0 Å². The quantitative estimate of drug-likeness (QED) is 0.489. The minimum Gasteiger partial charge on any atom is -0.467 e. The van der Waals surface area contributed by atoms with E-state index >= 15 is 0 Å². The molecular formula is C23H30F3N3O5. The number of amides is 1. The van der Waals surface area contributed by atoms with Crippen LogP contribution in [0, 0.1) is 5.41 Å². The maximum atomic E-state index is 12.8. The highest BCUT2D eigenvalue weighted by Crippen LogP contribution is 2.31. The predicted molar refractivity (Wildman–Crippen MR) is 117 cm³/mol. The second-order valence-corrected chi connectivity index (χ2v) is 8.90. The summed E-state index contributed by atoms with van der Waals surface area (Å²) >= 11 is 0. The van der Waals surface area contributed by atoms with Crippen molar-refractivity contribution >= 4 is 12.1 Å². The van der Waals surface area contributed by atoms with E-state index in [4.69, 9.17) is 13.9 Å². The molecule has 8 nitrogen and oxygen atoms in total. The van der Waals surface area contributed by atoms with Crippen LogP contribution in [0.3, 0.4) is 0 Å². The maximum absolute atomic E-state index is 12.8. The van der Waals surface area contributed by atoms with Crippen molar-refractivity contribution in [1.82, 2.24) is 15.5 Å². The molecule has 0 radical (unpaired) electrons. The van der Waals surface area contributed by atoms with E-state index in [-0.39, 0.29) is 18.2 Å². The summed E-state index contributed by atoms with van der Waals surface area (Å²) < 4.78 is 54.2. The zero-order chi connectivity index (χ0) is 25.5. The van der Waals surface area contributed by atoms with Gasteiger partial charge < -0.3 is 19.2 Å². The van der Waals surface area contributed by atoms with E-state index in [1.54, 1.807) is 0 Å². The molecule has 1 aromatic carbocycles. The van der Waals surface area contributed by atoms with Crippen LogP contribution in [-0.4, -0.2) is 41.5 Å². The van der Waals surface area contributed by atoms with Crippen LogP contribution in [0.5, 0.6) is 0 Å². The molecule has 1 amide bonds. The first-order chi connectivity index (χ1) is 15.8. The number of carbonyl (C=O) groups is 2. The monoisotopic (exact) mass is 485 g/mol. The minimum absolute atomic E-state index is 0.0474. The first-order valence-electron chi connectivity index (χ1n) is 10.9. The Labute approximate surface area is 196 Å². The standard InChI is InChI=1S/C23H30F3N3O5/c1-6-7-8-16(20(30)32-5)27-21(31)33-17(22(2,3)4)13-18-28-29-19(34-18)14-9-11-15(12-10-14)23(24,25)26/h9-12,16-17H,6-8,13H2,1-5H3,(H,27,31)/t16-,17+/m0/s1. The number of hydrogen-bond acceptors (Lipinski definition) is 7. The lowest BCUT2D eigenvalue weighted by molar-refractivity contribution is -0.143. The number of ether oxygens (including phenoxy) is 2. The fraction of sp³-hybridized carbons (Fsp3) is 0.565. The molecule has 0 bridgehead atoms. The smallest absolute Gasteiger partial charge is 0.416 e. The highest BCUT2D eigenvalue weighted by molar-refractivity contribution is 5.81. The summed E-state index contributed by atoms with van der Waals surface area (Å²) in [5, 5.41) is 10.4.